The van der Waals surface area contributed by atoms with Crippen LogP contribution in [-0.4, -0.2) is 20.2 Å². The topological polar surface area (TPSA) is 21.3 Å². The van der Waals surface area contributed by atoms with Gasteiger partial charge >= 0.3 is 0 Å². The van der Waals surface area contributed by atoms with Crippen LogP contribution in [0.2, 0.25) is 0 Å². The van der Waals surface area contributed by atoms with Crippen molar-refractivity contribution in [2.45, 2.75) is 32.1 Å². The van der Waals surface area contributed by atoms with E-state index in [1.54, 1.807) is 7.11 Å². The summed E-state index contributed by atoms with van der Waals surface area (Å²) in [5.41, 5.74) is 3.02. The molecule has 1 heterocycles. The molecule has 0 aliphatic carbocycles. The quantitative estimate of drug-likeness (QED) is 0.825. The van der Waals surface area contributed by atoms with Crippen molar-refractivity contribution in [3.63, 3.8) is 0 Å². The second-order valence-electron chi connectivity index (χ2n) is 5.00. The average Bonchev–Trinajstić information content (AvgIpc) is 2.30. The third-order valence-electron chi connectivity index (χ3n) is 3.80. The Bertz CT molecular complexity index is 367. The lowest BCUT2D eigenvalue weighted by Crippen LogP contribution is -2.37. The van der Waals surface area contributed by atoms with Crippen LogP contribution in [0.25, 0.3) is 0 Å². The predicted octanol–water partition coefficient (Wildman–Crippen LogP) is 2.64. The zero-order valence-electron chi connectivity index (χ0n) is 10.5. The van der Waals surface area contributed by atoms with Gasteiger partial charge in [-0.1, -0.05) is 19.1 Å². The van der Waals surface area contributed by atoms with Gasteiger partial charge in [-0.2, -0.15) is 0 Å². The first-order chi connectivity index (χ1) is 7.65. The number of benzene rings is 1. The van der Waals surface area contributed by atoms with E-state index < -0.39 is 0 Å². The largest absolute Gasteiger partial charge is 0.496 e. The standard InChI is InChI=1S/C14H21NO/c1-11-10-12(4-5-13(11)16-3)14(2)6-8-15-9-7-14/h4-5,10,15H,6-9H2,1-3H3. The Kier molecular flexibility index (Phi) is 3.20. The molecule has 0 unspecified atom stereocenters. The Morgan fingerprint density at radius 2 is 1.94 bits per heavy atom. The summed E-state index contributed by atoms with van der Waals surface area (Å²) >= 11 is 0. The van der Waals surface area contributed by atoms with Crippen molar-refractivity contribution in [3.8, 4) is 5.75 Å². The van der Waals surface area contributed by atoms with E-state index in [2.05, 4.69) is 37.4 Å². The second kappa shape index (κ2) is 4.46. The molecule has 1 aromatic carbocycles. The molecule has 0 aromatic heterocycles. The Hall–Kier alpha value is -1.02. The van der Waals surface area contributed by atoms with Crippen molar-refractivity contribution in [1.29, 1.82) is 0 Å². The zero-order chi connectivity index (χ0) is 11.6. The van der Waals surface area contributed by atoms with Crippen LogP contribution in [0.5, 0.6) is 5.75 Å². The number of hydrogen-bond acceptors (Lipinski definition) is 2. The van der Waals surface area contributed by atoms with Crippen molar-refractivity contribution in [3.05, 3.63) is 29.3 Å². The van der Waals surface area contributed by atoms with Crippen LogP contribution >= 0.6 is 0 Å². The fourth-order valence-corrected chi connectivity index (χ4v) is 2.52. The molecule has 88 valence electrons. The Balaban J connectivity index is 2.29. The van der Waals surface area contributed by atoms with Gasteiger partial charge in [-0.05, 0) is 55.5 Å². The van der Waals surface area contributed by atoms with Gasteiger partial charge in [0.1, 0.15) is 5.75 Å². The van der Waals surface area contributed by atoms with Gasteiger partial charge in [-0.25, -0.2) is 0 Å². The maximum absolute atomic E-state index is 5.31. The molecule has 1 aliphatic heterocycles. The summed E-state index contributed by atoms with van der Waals surface area (Å²) in [6.07, 6.45) is 2.44. The summed E-state index contributed by atoms with van der Waals surface area (Å²) in [6, 6.07) is 6.60. The zero-order valence-corrected chi connectivity index (χ0v) is 10.5. The van der Waals surface area contributed by atoms with Crippen LogP contribution in [0.1, 0.15) is 30.9 Å². The molecule has 0 bridgehead atoms. The molecule has 0 amide bonds. The van der Waals surface area contributed by atoms with Crippen LogP contribution in [0, 0.1) is 6.92 Å². The van der Waals surface area contributed by atoms with Gasteiger partial charge < -0.3 is 10.1 Å². The fourth-order valence-electron chi connectivity index (χ4n) is 2.52. The summed E-state index contributed by atoms with van der Waals surface area (Å²) in [6.45, 7) is 6.74. The van der Waals surface area contributed by atoms with Crippen LogP contribution in [-0.2, 0) is 5.41 Å². The van der Waals surface area contributed by atoms with Crippen LogP contribution in [0.15, 0.2) is 18.2 Å². The Labute approximate surface area is 98.0 Å². The number of methoxy groups -OCH3 is 1. The highest BCUT2D eigenvalue weighted by Crippen LogP contribution is 2.34. The van der Waals surface area contributed by atoms with Gasteiger partial charge in [0.05, 0.1) is 7.11 Å². The first-order valence-electron chi connectivity index (χ1n) is 6.01. The molecule has 1 aliphatic rings. The van der Waals surface area contributed by atoms with E-state index in [0.717, 1.165) is 18.8 Å². The van der Waals surface area contributed by atoms with Gasteiger partial charge in [-0.15, -0.1) is 0 Å². The lowest BCUT2D eigenvalue weighted by molar-refractivity contribution is 0.334. The number of nitrogens with one attached hydrogen (secondary N) is 1. The first-order valence-corrected chi connectivity index (χ1v) is 6.01. The normalized spacial score (nSPS) is 19.4. The van der Waals surface area contributed by atoms with Gasteiger partial charge in [-0.3, -0.25) is 0 Å². The van der Waals surface area contributed by atoms with E-state index in [9.17, 15) is 0 Å². The fraction of sp³-hybridized carbons (Fsp3) is 0.571. The third kappa shape index (κ3) is 2.07. The van der Waals surface area contributed by atoms with E-state index in [1.165, 1.54) is 24.0 Å². The molecule has 1 N–H and O–H groups in total. The maximum atomic E-state index is 5.31. The van der Waals surface area contributed by atoms with Crippen molar-refractivity contribution >= 4 is 0 Å². The van der Waals surface area contributed by atoms with Crippen molar-refractivity contribution in [1.82, 2.24) is 5.32 Å². The molecule has 2 rings (SSSR count). The van der Waals surface area contributed by atoms with Crippen molar-refractivity contribution in [2.24, 2.45) is 0 Å². The number of rotatable bonds is 2. The van der Waals surface area contributed by atoms with Crippen LogP contribution in [0.4, 0.5) is 0 Å². The molecule has 16 heavy (non-hydrogen) atoms. The van der Waals surface area contributed by atoms with Crippen LogP contribution in [0.3, 0.4) is 0 Å². The molecular weight excluding hydrogens is 198 g/mol. The SMILES string of the molecule is COc1ccc(C2(C)CCNCC2)cc1C. The van der Waals surface area contributed by atoms with E-state index in [1.807, 2.05) is 0 Å². The summed E-state index contributed by atoms with van der Waals surface area (Å²) in [5, 5.41) is 3.42. The highest BCUT2D eigenvalue weighted by molar-refractivity contribution is 5.39. The Morgan fingerprint density at radius 3 is 2.50 bits per heavy atom. The maximum Gasteiger partial charge on any atom is 0.121 e. The summed E-state index contributed by atoms with van der Waals surface area (Å²) < 4.78 is 5.31. The minimum atomic E-state index is 0.336. The molecule has 2 nitrogen and oxygen atoms in total. The third-order valence-corrected chi connectivity index (χ3v) is 3.80. The average molecular weight is 219 g/mol. The number of aryl methyl sites for hydroxylation is 1. The molecular formula is C14H21NO. The van der Waals surface area contributed by atoms with Crippen molar-refractivity contribution in [2.75, 3.05) is 20.2 Å². The van der Waals surface area contributed by atoms with E-state index >= 15 is 0 Å². The molecule has 0 spiro atoms. The van der Waals surface area contributed by atoms with E-state index in [4.69, 9.17) is 4.74 Å². The van der Waals surface area contributed by atoms with E-state index in [-0.39, 0.29) is 0 Å². The van der Waals surface area contributed by atoms with Crippen molar-refractivity contribution < 1.29 is 4.74 Å². The molecule has 1 fully saturated rings. The van der Waals surface area contributed by atoms with Gasteiger partial charge in [0, 0.05) is 0 Å². The lowest BCUT2D eigenvalue weighted by Gasteiger charge is -2.35. The number of hydrogen-bond donors (Lipinski definition) is 1. The summed E-state index contributed by atoms with van der Waals surface area (Å²) in [5.74, 6) is 0.987. The smallest absolute Gasteiger partial charge is 0.121 e. The summed E-state index contributed by atoms with van der Waals surface area (Å²) in [4.78, 5) is 0. The molecule has 0 radical (unpaired) electrons. The van der Waals surface area contributed by atoms with E-state index in [0.29, 0.717) is 5.41 Å². The molecule has 0 saturated carbocycles. The lowest BCUT2D eigenvalue weighted by atomic mass is 9.74. The molecule has 1 saturated heterocycles. The monoisotopic (exact) mass is 219 g/mol. The molecule has 2 heteroatoms. The molecule has 1 aromatic rings. The molecule has 0 atom stereocenters. The van der Waals surface area contributed by atoms with Crippen LogP contribution < -0.4 is 10.1 Å². The van der Waals surface area contributed by atoms with Gasteiger partial charge in [0.15, 0.2) is 0 Å². The predicted molar refractivity (Wildman–Crippen MR) is 67.2 cm³/mol. The van der Waals surface area contributed by atoms with Gasteiger partial charge in [0.25, 0.3) is 0 Å². The van der Waals surface area contributed by atoms with Gasteiger partial charge in [0.2, 0.25) is 0 Å². The minimum absolute atomic E-state index is 0.336. The highest BCUT2D eigenvalue weighted by Gasteiger charge is 2.28. The number of piperidine rings is 1. The summed E-state index contributed by atoms with van der Waals surface area (Å²) in [7, 11) is 1.73. The Morgan fingerprint density at radius 1 is 1.25 bits per heavy atom. The first kappa shape index (κ1) is 11.5. The highest BCUT2D eigenvalue weighted by atomic mass is 16.5. The second-order valence-corrected chi connectivity index (χ2v) is 5.00. The number of ether oxygens (including phenoxy) is 1. The minimum Gasteiger partial charge on any atom is -0.496 e.